The van der Waals surface area contributed by atoms with Crippen molar-refractivity contribution < 1.29 is 37.1 Å². The Morgan fingerprint density at radius 1 is 0.791 bits per heavy atom. The maximum atomic E-state index is 13.6. The Bertz CT molecular complexity index is 1580. The first-order valence-corrected chi connectivity index (χ1v) is 13.6. The third-order valence-electron chi connectivity index (χ3n) is 7.06. The second kappa shape index (κ2) is 12.3. The van der Waals surface area contributed by atoms with Crippen LogP contribution in [0.25, 0.3) is 0 Å². The lowest BCUT2D eigenvalue weighted by molar-refractivity contribution is -0.201. The Morgan fingerprint density at radius 3 is 2.00 bits per heavy atom. The van der Waals surface area contributed by atoms with Crippen LogP contribution in [0.5, 0.6) is 0 Å². The Hall–Kier alpha value is -4.64. The first-order chi connectivity index (χ1) is 20.5. The van der Waals surface area contributed by atoms with Gasteiger partial charge in [-0.1, -0.05) is 48.0 Å². The normalized spacial score (nSPS) is 14.9. The highest BCUT2D eigenvalue weighted by molar-refractivity contribution is 6.30. The van der Waals surface area contributed by atoms with E-state index in [2.05, 4.69) is 4.74 Å². The van der Waals surface area contributed by atoms with Crippen LogP contribution in [0.2, 0.25) is 5.02 Å². The molecule has 8 nitrogen and oxygen atoms in total. The molecule has 3 amide bonds. The van der Waals surface area contributed by atoms with Gasteiger partial charge >= 0.3 is 12.1 Å². The number of fused-ring (bicyclic) bond motifs is 1. The first kappa shape index (κ1) is 29.8. The summed E-state index contributed by atoms with van der Waals surface area (Å²) in [7, 11) is 0. The number of anilines is 1. The molecule has 0 bridgehead atoms. The maximum absolute atomic E-state index is 13.6. The monoisotopic (exact) mass is 611 g/mol. The van der Waals surface area contributed by atoms with Crippen LogP contribution < -0.4 is 4.90 Å². The molecule has 5 rings (SSSR count). The highest BCUT2D eigenvalue weighted by atomic mass is 35.5. The van der Waals surface area contributed by atoms with Gasteiger partial charge in [-0.3, -0.25) is 14.4 Å². The molecule has 0 fully saturated rings. The summed E-state index contributed by atoms with van der Waals surface area (Å²) in [6.45, 7) is 0.229. The van der Waals surface area contributed by atoms with Gasteiger partial charge in [0.05, 0.1) is 6.54 Å². The lowest BCUT2D eigenvalue weighted by atomic mass is 10.1. The van der Waals surface area contributed by atoms with Crippen molar-refractivity contribution in [2.24, 2.45) is 0 Å². The Kier molecular flexibility index (Phi) is 8.54. The summed E-state index contributed by atoms with van der Waals surface area (Å²) in [5.74, 6) is -3.29. The van der Waals surface area contributed by atoms with E-state index >= 15 is 0 Å². The number of alkyl halides is 3. The first-order valence-electron chi connectivity index (χ1n) is 13.2. The number of hydrogen-bond acceptors (Lipinski definition) is 5. The fraction of sp³-hybridized carbons (Fsp3) is 0.226. The molecule has 0 atom stereocenters. The minimum absolute atomic E-state index is 0.0406. The molecule has 43 heavy (non-hydrogen) atoms. The van der Waals surface area contributed by atoms with E-state index in [0.29, 0.717) is 46.1 Å². The molecule has 2 aliphatic rings. The number of carbonyl (C=O) groups excluding carboxylic acids is 4. The van der Waals surface area contributed by atoms with Gasteiger partial charge in [0.15, 0.2) is 0 Å². The van der Waals surface area contributed by atoms with Gasteiger partial charge in [-0.05, 0) is 59.2 Å². The predicted octanol–water partition coefficient (Wildman–Crippen LogP) is 5.15. The summed E-state index contributed by atoms with van der Waals surface area (Å²) in [5, 5.41) is 0.448. The van der Waals surface area contributed by atoms with Crippen molar-refractivity contribution in [3.05, 3.63) is 112 Å². The Balaban J connectivity index is 1.43. The number of hydrogen-bond donors (Lipinski definition) is 0. The molecule has 2 heterocycles. The summed E-state index contributed by atoms with van der Waals surface area (Å²) < 4.78 is 42.5. The number of amides is 3. The van der Waals surface area contributed by atoms with Gasteiger partial charge in [-0.15, -0.1) is 0 Å². The van der Waals surface area contributed by atoms with Gasteiger partial charge in [0, 0.05) is 41.5 Å². The summed E-state index contributed by atoms with van der Waals surface area (Å²) in [4.78, 5) is 55.5. The van der Waals surface area contributed by atoms with E-state index < -0.39 is 30.6 Å². The summed E-state index contributed by atoms with van der Waals surface area (Å²) in [6.07, 6.45) is -1.32. The number of carbonyl (C=O) groups is 4. The molecule has 0 saturated heterocycles. The Labute approximate surface area is 249 Å². The molecule has 0 unspecified atom stereocenters. The van der Waals surface area contributed by atoms with Crippen LogP contribution in [0.1, 0.15) is 37.4 Å². The number of ether oxygens (including phenoxy) is 1. The zero-order valence-corrected chi connectivity index (χ0v) is 23.4. The quantitative estimate of drug-likeness (QED) is 0.284. The van der Waals surface area contributed by atoms with Gasteiger partial charge in [-0.25, -0.2) is 4.79 Å². The topological polar surface area (TPSA) is 87.2 Å². The van der Waals surface area contributed by atoms with Gasteiger partial charge in [0.25, 0.3) is 11.8 Å². The summed E-state index contributed by atoms with van der Waals surface area (Å²) in [6, 6.07) is 17.6. The predicted molar refractivity (Wildman–Crippen MR) is 151 cm³/mol. The lowest BCUT2D eigenvalue weighted by Crippen LogP contribution is -2.39. The summed E-state index contributed by atoms with van der Waals surface area (Å²) in [5.41, 5.74) is 2.65. The molecule has 12 heteroatoms. The maximum Gasteiger partial charge on any atom is 0.490 e. The van der Waals surface area contributed by atoms with E-state index in [1.807, 2.05) is 12.2 Å². The molecule has 3 aromatic rings. The molecule has 3 aromatic carbocycles. The van der Waals surface area contributed by atoms with E-state index in [9.17, 15) is 32.3 Å². The Morgan fingerprint density at radius 2 is 1.37 bits per heavy atom. The second-order valence-electron chi connectivity index (χ2n) is 10.1. The molecule has 222 valence electrons. The van der Waals surface area contributed by atoms with E-state index in [4.69, 9.17) is 11.6 Å². The van der Waals surface area contributed by atoms with Crippen molar-refractivity contribution in [2.75, 3.05) is 24.5 Å². The number of nitrogens with zero attached hydrogens (tertiary/aromatic N) is 3. The molecular weight excluding hydrogens is 587 g/mol. The second-order valence-corrected chi connectivity index (χ2v) is 10.5. The smallest absolute Gasteiger partial charge is 0.454 e. The number of rotatable bonds is 6. The van der Waals surface area contributed by atoms with Crippen molar-refractivity contribution in [3.63, 3.8) is 0 Å². The largest absolute Gasteiger partial charge is 0.490 e. The van der Waals surface area contributed by atoms with Gasteiger partial charge < -0.3 is 19.4 Å². The van der Waals surface area contributed by atoms with Crippen LogP contribution in [-0.4, -0.2) is 59.3 Å². The van der Waals surface area contributed by atoms with Gasteiger partial charge in [0.1, 0.15) is 13.2 Å². The lowest BCUT2D eigenvalue weighted by Gasteiger charge is -2.24. The highest BCUT2D eigenvalue weighted by Crippen LogP contribution is 2.30. The van der Waals surface area contributed by atoms with Crippen LogP contribution in [0.3, 0.4) is 0 Å². The van der Waals surface area contributed by atoms with Crippen LogP contribution >= 0.6 is 11.6 Å². The average molecular weight is 612 g/mol. The van der Waals surface area contributed by atoms with Crippen LogP contribution in [0.4, 0.5) is 18.9 Å². The third-order valence-corrected chi connectivity index (χ3v) is 7.31. The molecular formula is C31H25ClF3N3O5. The highest BCUT2D eigenvalue weighted by Gasteiger charge is 2.41. The molecule has 0 aromatic heterocycles. The molecule has 0 radical (unpaired) electrons. The molecule has 0 saturated carbocycles. The molecule has 0 spiro atoms. The van der Waals surface area contributed by atoms with Gasteiger partial charge in [-0.2, -0.15) is 13.2 Å². The zero-order chi connectivity index (χ0) is 30.7. The van der Waals surface area contributed by atoms with E-state index in [1.165, 1.54) is 21.9 Å². The van der Waals surface area contributed by atoms with Crippen molar-refractivity contribution in [1.82, 2.24) is 9.80 Å². The number of esters is 1. The average Bonchev–Trinajstić information content (AvgIpc) is 3.49. The van der Waals surface area contributed by atoms with E-state index in [-0.39, 0.29) is 31.1 Å². The van der Waals surface area contributed by atoms with Crippen LogP contribution in [0.15, 0.2) is 78.9 Å². The zero-order valence-electron chi connectivity index (χ0n) is 22.6. The van der Waals surface area contributed by atoms with Crippen molar-refractivity contribution in [3.8, 4) is 0 Å². The van der Waals surface area contributed by atoms with Crippen LogP contribution in [-0.2, 0) is 34.0 Å². The van der Waals surface area contributed by atoms with Crippen molar-refractivity contribution >= 4 is 41.0 Å². The fourth-order valence-electron chi connectivity index (χ4n) is 4.81. The van der Waals surface area contributed by atoms with E-state index in [0.717, 1.165) is 0 Å². The SMILES string of the molecule is O=C(c1ccc(CN2C(=O)CN(C(=O)c3ccc(Cl)cc3)Cc3ccc(COC(=O)C(F)(F)F)cc32)cc1)N1CC=CC1. The molecule has 0 aliphatic carbocycles. The number of halogens is 4. The fourth-order valence-corrected chi connectivity index (χ4v) is 4.94. The molecule has 2 aliphatic heterocycles. The minimum Gasteiger partial charge on any atom is -0.454 e. The summed E-state index contributed by atoms with van der Waals surface area (Å²) >= 11 is 5.96. The van der Waals surface area contributed by atoms with Crippen LogP contribution in [0, 0.1) is 0 Å². The standard InChI is InChI=1S/C31H25ClF3N3O5/c32-25-11-9-23(10-12-25)29(41)37-17-24-8-5-21(19-43-30(42)31(33,34)35)15-26(24)38(27(39)18-37)16-20-3-6-22(7-4-20)28(40)36-13-1-2-14-36/h1-12,15H,13-14,16-19H2. The van der Waals surface area contributed by atoms with Crippen molar-refractivity contribution in [2.45, 2.75) is 25.9 Å². The van der Waals surface area contributed by atoms with Crippen molar-refractivity contribution in [1.29, 1.82) is 0 Å². The molecule has 0 N–H and O–H groups in total. The minimum atomic E-state index is -5.14. The number of benzene rings is 3. The third kappa shape index (κ3) is 6.89. The van der Waals surface area contributed by atoms with E-state index in [1.54, 1.807) is 59.5 Å². The van der Waals surface area contributed by atoms with Gasteiger partial charge in [0.2, 0.25) is 5.91 Å².